The van der Waals surface area contributed by atoms with Crippen molar-refractivity contribution in [1.82, 2.24) is 5.32 Å². The van der Waals surface area contributed by atoms with Crippen LogP contribution in [0.15, 0.2) is 12.1 Å². The zero-order valence-electron chi connectivity index (χ0n) is 12.2. The minimum atomic E-state index is -0.324. The Kier molecular flexibility index (Phi) is 4.97. The predicted molar refractivity (Wildman–Crippen MR) is 79.2 cm³/mol. The van der Waals surface area contributed by atoms with E-state index >= 15 is 0 Å². The van der Waals surface area contributed by atoms with Gasteiger partial charge >= 0.3 is 0 Å². The molecule has 1 heterocycles. The lowest BCUT2D eigenvalue weighted by Crippen LogP contribution is -2.37. The molecule has 20 heavy (non-hydrogen) atoms. The second kappa shape index (κ2) is 6.71. The van der Waals surface area contributed by atoms with E-state index in [0.29, 0.717) is 17.2 Å². The lowest BCUT2D eigenvalue weighted by atomic mass is 9.98. The van der Waals surface area contributed by atoms with Crippen LogP contribution in [0.3, 0.4) is 0 Å². The molecule has 2 atom stereocenters. The van der Waals surface area contributed by atoms with E-state index in [9.17, 15) is 4.39 Å². The van der Waals surface area contributed by atoms with E-state index < -0.39 is 0 Å². The van der Waals surface area contributed by atoms with E-state index in [1.54, 1.807) is 13.0 Å². The van der Waals surface area contributed by atoms with Crippen LogP contribution in [0.4, 0.5) is 10.1 Å². The summed E-state index contributed by atoms with van der Waals surface area (Å²) in [6, 6.07) is 5.79. The molecule has 2 unspecified atom stereocenters. The fraction of sp³-hybridized carbons (Fsp3) is 0.562. The summed E-state index contributed by atoms with van der Waals surface area (Å²) in [4.78, 5) is 0. The van der Waals surface area contributed by atoms with Gasteiger partial charge in [-0.2, -0.15) is 5.26 Å². The molecule has 1 aliphatic heterocycles. The summed E-state index contributed by atoms with van der Waals surface area (Å²) < 4.78 is 13.7. The molecular formula is C16H22FN3. The molecule has 0 radical (unpaired) electrons. The molecule has 1 aromatic rings. The Morgan fingerprint density at radius 2 is 2.30 bits per heavy atom. The van der Waals surface area contributed by atoms with Gasteiger partial charge in [-0.3, -0.25) is 0 Å². The Hall–Kier alpha value is -1.60. The van der Waals surface area contributed by atoms with E-state index in [0.717, 1.165) is 18.7 Å². The molecule has 0 spiro atoms. The number of hydrogen-bond donors (Lipinski definition) is 2. The SMILES string of the molecule is Cc1c(F)cc(C#N)cc1NC(C)CC1CCCCN1. The van der Waals surface area contributed by atoms with Gasteiger partial charge in [0.1, 0.15) is 5.82 Å². The van der Waals surface area contributed by atoms with Gasteiger partial charge in [0, 0.05) is 23.3 Å². The molecule has 4 heteroatoms. The average molecular weight is 275 g/mol. The van der Waals surface area contributed by atoms with Gasteiger partial charge in [-0.15, -0.1) is 0 Å². The zero-order valence-corrected chi connectivity index (χ0v) is 12.2. The minimum Gasteiger partial charge on any atom is -0.382 e. The molecule has 1 saturated heterocycles. The Bertz CT molecular complexity index is 501. The summed E-state index contributed by atoms with van der Waals surface area (Å²) in [6.45, 7) is 4.94. The number of nitrogens with zero attached hydrogens (tertiary/aromatic N) is 1. The van der Waals surface area contributed by atoms with Crippen LogP contribution >= 0.6 is 0 Å². The van der Waals surface area contributed by atoms with Crippen LogP contribution < -0.4 is 10.6 Å². The van der Waals surface area contributed by atoms with Gasteiger partial charge in [0.25, 0.3) is 0 Å². The topological polar surface area (TPSA) is 47.9 Å². The quantitative estimate of drug-likeness (QED) is 0.886. The standard InChI is InChI=1S/C16H22FN3/c1-11(7-14-5-3-4-6-19-14)20-16-9-13(10-18)8-15(17)12(16)2/h8-9,11,14,19-20H,3-7H2,1-2H3. The number of halogens is 1. The molecule has 108 valence electrons. The van der Waals surface area contributed by atoms with Crippen LogP contribution in [0.2, 0.25) is 0 Å². The lowest BCUT2D eigenvalue weighted by molar-refractivity contribution is 0.371. The molecule has 0 amide bonds. The number of rotatable bonds is 4. The summed E-state index contributed by atoms with van der Waals surface area (Å²) >= 11 is 0. The average Bonchev–Trinajstić information content (AvgIpc) is 2.44. The fourth-order valence-corrected chi connectivity index (χ4v) is 2.77. The van der Waals surface area contributed by atoms with Crippen molar-refractivity contribution in [2.75, 3.05) is 11.9 Å². The summed E-state index contributed by atoms with van der Waals surface area (Å²) in [7, 11) is 0. The van der Waals surface area contributed by atoms with E-state index in [1.807, 2.05) is 6.07 Å². The first kappa shape index (κ1) is 14.8. The first-order chi connectivity index (χ1) is 9.60. The van der Waals surface area contributed by atoms with Gasteiger partial charge in [0.2, 0.25) is 0 Å². The summed E-state index contributed by atoms with van der Waals surface area (Å²) in [5.41, 5.74) is 1.66. The monoisotopic (exact) mass is 275 g/mol. The number of anilines is 1. The Morgan fingerprint density at radius 1 is 1.50 bits per heavy atom. The van der Waals surface area contributed by atoms with Gasteiger partial charge < -0.3 is 10.6 Å². The molecule has 3 nitrogen and oxygen atoms in total. The highest BCUT2D eigenvalue weighted by Crippen LogP contribution is 2.22. The lowest BCUT2D eigenvalue weighted by Gasteiger charge is -2.27. The minimum absolute atomic E-state index is 0.248. The third-order valence-corrected chi connectivity index (χ3v) is 3.93. The smallest absolute Gasteiger partial charge is 0.129 e. The van der Waals surface area contributed by atoms with Crippen LogP contribution in [0.1, 0.15) is 43.7 Å². The molecule has 1 aliphatic rings. The summed E-state index contributed by atoms with van der Waals surface area (Å²) in [6.07, 6.45) is 4.75. The molecular weight excluding hydrogens is 253 g/mol. The van der Waals surface area contributed by atoms with Crippen molar-refractivity contribution in [1.29, 1.82) is 5.26 Å². The van der Waals surface area contributed by atoms with Gasteiger partial charge in [0.15, 0.2) is 0 Å². The maximum atomic E-state index is 13.7. The van der Waals surface area contributed by atoms with Gasteiger partial charge in [-0.25, -0.2) is 4.39 Å². The Balaban J connectivity index is 2.01. The van der Waals surface area contributed by atoms with E-state index in [-0.39, 0.29) is 11.9 Å². The van der Waals surface area contributed by atoms with Crippen LogP contribution in [-0.2, 0) is 0 Å². The van der Waals surface area contributed by atoms with E-state index in [2.05, 4.69) is 17.6 Å². The van der Waals surface area contributed by atoms with Crippen molar-refractivity contribution < 1.29 is 4.39 Å². The largest absolute Gasteiger partial charge is 0.382 e. The highest BCUT2D eigenvalue weighted by Gasteiger charge is 2.16. The maximum absolute atomic E-state index is 13.7. The molecule has 0 saturated carbocycles. The Morgan fingerprint density at radius 3 is 2.95 bits per heavy atom. The molecule has 0 aromatic heterocycles. The third kappa shape index (κ3) is 3.71. The first-order valence-electron chi connectivity index (χ1n) is 7.30. The van der Waals surface area contributed by atoms with Gasteiger partial charge in [0.05, 0.1) is 11.6 Å². The molecule has 1 aromatic carbocycles. The van der Waals surface area contributed by atoms with Crippen LogP contribution in [0.5, 0.6) is 0 Å². The number of hydrogen-bond acceptors (Lipinski definition) is 3. The molecule has 0 aliphatic carbocycles. The number of nitrogens with one attached hydrogen (secondary N) is 2. The van der Waals surface area contributed by atoms with E-state index in [4.69, 9.17) is 5.26 Å². The second-order valence-electron chi connectivity index (χ2n) is 5.67. The van der Waals surface area contributed by atoms with Crippen molar-refractivity contribution in [3.8, 4) is 6.07 Å². The molecule has 2 N–H and O–H groups in total. The number of piperidine rings is 1. The van der Waals surface area contributed by atoms with Crippen LogP contribution in [0.25, 0.3) is 0 Å². The number of nitriles is 1. The van der Waals surface area contributed by atoms with Crippen LogP contribution in [-0.4, -0.2) is 18.6 Å². The van der Waals surface area contributed by atoms with Gasteiger partial charge in [-0.05, 0) is 51.8 Å². The zero-order chi connectivity index (χ0) is 14.5. The fourth-order valence-electron chi connectivity index (χ4n) is 2.77. The summed E-state index contributed by atoms with van der Waals surface area (Å²) in [5.74, 6) is -0.324. The normalized spacial score (nSPS) is 20.2. The highest BCUT2D eigenvalue weighted by molar-refractivity contribution is 5.56. The van der Waals surface area contributed by atoms with Crippen molar-refractivity contribution in [3.63, 3.8) is 0 Å². The molecule has 2 rings (SSSR count). The Labute approximate surface area is 120 Å². The third-order valence-electron chi connectivity index (χ3n) is 3.93. The van der Waals surface area contributed by atoms with Crippen molar-refractivity contribution in [3.05, 3.63) is 29.1 Å². The molecule has 1 fully saturated rings. The molecule has 0 bridgehead atoms. The van der Waals surface area contributed by atoms with Crippen molar-refractivity contribution in [2.24, 2.45) is 0 Å². The first-order valence-corrected chi connectivity index (χ1v) is 7.30. The maximum Gasteiger partial charge on any atom is 0.129 e. The van der Waals surface area contributed by atoms with Gasteiger partial charge in [-0.1, -0.05) is 6.42 Å². The summed E-state index contributed by atoms with van der Waals surface area (Å²) in [5, 5.41) is 15.8. The van der Waals surface area contributed by atoms with E-state index in [1.165, 1.54) is 25.3 Å². The number of benzene rings is 1. The van der Waals surface area contributed by atoms with Crippen molar-refractivity contribution in [2.45, 2.75) is 51.6 Å². The highest BCUT2D eigenvalue weighted by atomic mass is 19.1. The van der Waals surface area contributed by atoms with Crippen LogP contribution in [0, 0.1) is 24.1 Å². The second-order valence-corrected chi connectivity index (χ2v) is 5.67. The van der Waals surface area contributed by atoms with Crippen molar-refractivity contribution >= 4 is 5.69 Å². The predicted octanol–water partition coefficient (Wildman–Crippen LogP) is 3.34.